The zero-order valence-corrected chi connectivity index (χ0v) is 12.5. The highest BCUT2D eigenvalue weighted by Gasteiger charge is 2.19. The fourth-order valence-electron chi connectivity index (χ4n) is 1.79. The molecule has 8 heteroatoms. The summed E-state index contributed by atoms with van der Waals surface area (Å²) in [6, 6.07) is 4.06. The third-order valence-corrected chi connectivity index (χ3v) is 3.62. The summed E-state index contributed by atoms with van der Waals surface area (Å²) < 4.78 is 1.85. The van der Waals surface area contributed by atoms with Crippen molar-refractivity contribution in [1.82, 2.24) is 9.88 Å². The van der Waals surface area contributed by atoms with Crippen molar-refractivity contribution in [2.24, 2.45) is 7.05 Å². The molecule has 0 atom stereocenters. The van der Waals surface area contributed by atoms with Crippen LogP contribution in [-0.4, -0.2) is 15.4 Å². The molecule has 6 nitrogen and oxygen atoms in total. The number of rotatable bonds is 4. The van der Waals surface area contributed by atoms with E-state index in [-0.39, 0.29) is 27.8 Å². The van der Waals surface area contributed by atoms with Gasteiger partial charge in [-0.15, -0.1) is 0 Å². The first-order chi connectivity index (χ1) is 9.88. The van der Waals surface area contributed by atoms with Gasteiger partial charge in [-0.3, -0.25) is 14.9 Å². The molecule has 0 aliphatic carbocycles. The van der Waals surface area contributed by atoms with Crippen LogP contribution < -0.4 is 5.32 Å². The van der Waals surface area contributed by atoms with Crippen LogP contribution in [0.3, 0.4) is 0 Å². The van der Waals surface area contributed by atoms with E-state index < -0.39 is 10.8 Å². The molecule has 1 amide bonds. The van der Waals surface area contributed by atoms with Crippen molar-refractivity contribution in [1.29, 1.82) is 0 Å². The largest absolute Gasteiger partial charge is 0.357 e. The Hall–Kier alpha value is -2.05. The fraction of sp³-hybridized carbons (Fsp3) is 0.154. The lowest BCUT2D eigenvalue weighted by Crippen LogP contribution is -2.23. The van der Waals surface area contributed by atoms with Crippen LogP contribution in [0.4, 0.5) is 5.69 Å². The number of aromatic nitrogens is 1. The van der Waals surface area contributed by atoms with E-state index in [0.29, 0.717) is 0 Å². The molecule has 0 aliphatic rings. The van der Waals surface area contributed by atoms with E-state index in [9.17, 15) is 14.9 Å². The predicted molar refractivity (Wildman–Crippen MR) is 79.7 cm³/mol. The summed E-state index contributed by atoms with van der Waals surface area (Å²) in [4.78, 5) is 22.3. The maximum Gasteiger partial charge on any atom is 0.271 e. The van der Waals surface area contributed by atoms with Gasteiger partial charge in [-0.25, -0.2) is 0 Å². The van der Waals surface area contributed by atoms with Gasteiger partial charge in [0.15, 0.2) is 0 Å². The summed E-state index contributed by atoms with van der Waals surface area (Å²) in [5.74, 6) is -0.519. The van der Waals surface area contributed by atoms with E-state index in [1.807, 2.05) is 30.1 Å². The SMILES string of the molecule is Cn1ccc(CNC(=O)c2cc([N+](=O)[O-])cc(Cl)c2Cl)c1. The van der Waals surface area contributed by atoms with Crippen molar-refractivity contribution in [3.05, 3.63) is 61.9 Å². The predicted octanol–water partition coefficient (Wildman–Crippen LogP) is 3.17. The second kappa shape index (κ2) is 6.15. The number of benzene rings is 1. The van der Waals surface area contributed by atoms with E-state index in [0.717, 1.165) is 17.7 Å². The minimum absolute atomic E-state index is 0.00664. The third kappa shape index (κ3) is 3.53. The Bertz CT molecular complexity index is 713. The van der Waals surface area contributed by atoms with Gasteiger partial charge in [-0.05, 0) is 11.6 Å². The molecular formula is C13H11Cl2N3O3. The zero-order chi connectivity index (χ0) is 15.6. The Labute approximate surface area is 130 Å². The average Bonchev–Trinajstić information content (AvgIpc) is 2.84. The number of carbonyl (C=O) groups is 1. The molecular weight excluding hydrogens is 317 g/mol. The standard InChI is InChI=1S/C13H11Cl2N3O3/c1-17-3-2-8(7-17)6-16-13(19)10-4-9(18(20)21)5-11(14)12(10)15/h2-5,7H,6H2,1H3,(H,16,19). The fourth-order valence-corrected chi connectivity index (χ4v) is 2.20. The van der Waals surface area contributed by atoms with E-state index in [1.165, 1.54) is 0 Å². The van der Waals surface area contributed by atoms with E-state index in [1.54, 1.807) is 0 Å². The first kappa shape index (κ1) is 15.3. The van der Waals surface area contributed by atoms with Crippen molar-refractivity contribution in [2.75, 3.05) is 0 Å². The molecule has 0 radical (unpaired) electrons. The molecule has 2 aromatic rings. The topological polar surface area (TPSA) is 77.2 Å². The van der Waals surface area contributed by atoms with Crippen LogP contribution in [0, 0.1) is 10.1 Å². The molecule has 0 bridgehead atoms. The first-order valence-electron chi connectivity index (χ1n) is 5.91. The van der Waals surface area contributed by atoms with Gasteiger partial charge in [0.1, 0.15) is 0 Å². The summed E-state index contributed by atoms with van der Waals surface area (Å²) in [7, 11) is 1.86. The van der Waals surface area contributed by atoms with Gasteiger partial charge in [0.25, 0.3) is 11.6 Å². The molecule has 1 aromatic heterocycles. The highest BCUT2D eigenvalue weighted by atomic mass is 35.5. The number of hydrogen-bond donors (Lipinski definition) is 1. The van der Waals surface area contributed by atoms with Crippen LogP contribution in [0.1, 0.15) is 15.9 Å². The molecule has 0 saturated heterocycles. The minimum atomic E-state index is -0.629. The second-order valence-corrected chi connectivity index (χ2v) is 5.20. The van der Waals surface area contributed by atoms with Crippen LogP contribution in [-0.2, 0) is 13.6 Å². The molecule has 0 aliphatic heterocycles. The van der Waals surface area contributed by atoms with Gasteiger partial charge in [0.05, 0.1) is 20.5 Å². The molecule has 21 heavy (non-hydrogen) atoms. The molecule has 1 heterocycles. The first-order valence-corrected chi connectivity index (χ1v) is 6.66. The maximum atomic E-state index is 12.1. The zero-order valence-electron chi connectivity index (χ0n) is 11.0. The lowest BCUT2D eigenvalue weighted by atomic mass is 10.2. The van der Waals surface area contributed by atoms with Crippen molar-refractivity contribution in [3.8, 4) is 0 Å². The molecule has 0 fully saturated rings. The molecule has 0 spiro atoms. The van der Waals surface area contributed by atoms with Crippen molar-refractivity contribution < 1.29 is 9.72 Å². The van der Waals surface area contributed by atoms with E-state index >= 15 is 0 Å². The monoisotopic (exact) mass is 327 g/mol. The van der Waals surface area contributed by atoms with Crippen molar-refractivity contribution >= 4 is 34.8 Å². The van der Waals surface area contributed by atoms with Crippen LogP contribution in [0.5, 0.6) is 0 Å². The summed E-state index contributed by atoms with van der Waals surface area (Å²) in [5, 5.41) is 13.4. The number of nitro benzene ring substituents is 1. The van der Waals surface area contributed by atoms with Crippen LogP contribution >= 0.6 is 23.2 Å². The number of nitrogens with zero attached hydrogens (tertiary/aromatic N) is 2. The van der Waals surface area contributed by atoms with Crippen LogP contribution in [0.2, 0.25) is 10.0 Å². The number of halogens is 2. The Morgan fingerprint density at radius 3 is 2.71 bits per heavy atom. The summed E-state index contributed by atoms with van der Waals surface area (Å²) in [6.45, 7) is 0.288. The van der Waals surface area contributed by atoms with Crippen LogP contribution in [0.15, 0.2) is 30.6 Å². The highest BCUT2D eigenvalue weighted by molar-refractivity contribution is 6.44. The number of nitrogens with one attached hydrogen (secondary N) is 1. The highest BCUT2D eigenvalue weighted by Crippen LogP contribution is 2.30. The molecule has 0 saturated carbocycles. The summed E-state index contributed by atoms with van der Waals surface area (Å²) in [6.07, 6.45) is 3.70. The third-order valence-electron chi connectivity index (χ3n) is 2.81. The number of amides is 1. The minimum Gasteiger partial charge on any atom is -0.357 e. The normalized spacial score (nSPS) is 10.4. The van der Waals surface area contributed by atoms with E-state index in [4.69, 9.17) is 23.2 Å². The Morgan fingerprint density at radius 2 is 2.14 bits per heavy atom. The Morgan fingerprint density at radius 1 is 1.43 bits per heavy atom. The van der Waals surface area contributed by atoms with Gasteiger partial charge in [0, 0.05) is 38.1 Å². The lowest BCUT2D eigenvalue weighted by Gasteiger charge is -2.07. The molecule has 2 rings (SSSR count). The molecule has 1 N–H and O–H groups in total. The van der Waals surface area contributed by atoms with Gasteiger partial charge in [-0.1, -0.05) is 23.2 Å². The molecule has 0 unspecified atom stereocenters. The number of hydrogen-bond acceptors (Lipinski definition) is 3. The van der Waals surface area contributed by atoms with Crippen LogP contribution in [0.25, 0.3) is 0 Å². The molecule has 1 aromatic carbocycles. The smallest absolute Gasteiger partial charge is 0.271 e. The van der Waals surface area contributed by atoms with E-state index in [2.05, 4.69) is 5.32 Å². The maximum absolute atomic E-state index is 12.1. The van der Waals surface area contributed by atoms with Crippen molar-refractivity contribution in [2.45, 2.75) is 6.54 Å². The van der Waals surface area contributed by atoms with Gasteiger partial charge >= 0.3 is 0 Å². The summed E-state index contributed by atoms with van der Waals surface area (Å²) in [5.41, 5.74) is 0.597. The lowest BCUT2D eigenvalue weighted by molar-refractivity contribution is -0.384. The Balaban J connectivity index is 2.20. The number of aryl methyl sites for hydroxylation is 1. The number of carbonyl (C=O) groups excluding carboxylic acids is 1. The summed E-state index contributed by atoms with van der Waals surface area (Å²) >= 11 is 11.7. The number of non-ortho nitro benzene ring substituents is 1. The molecule has 110 valence electrons. The quantitative estimate of drug-likeness (QED) is 0.692. The van der Waals surface area contributed by atoms with Crippen molar-refractivity contribution in [3.63, 3.8) is 0 Å². The number of nitro groups is 1. The van der Waals surface area contributed by atoms with Gasteiger partial charge in [-0.2, -0.15) is 0 Å². The van der Waals surface area contributed by atoms with Gasteiger partial charge < -0.3 is 9.88 Å². The Kier molecular flexibility index (Phi) is 4.50. The second-order valence-electron chi connectivity index (χ2n) is 4.41. The average molecular weight is 328 g/mol. The van der Waals surface area contributed by atoms with Gasteiger partial charge in [0.2, 0.25) is 0 Å².